The van der Waals surface area contributed by atoms with Crippen molar-refractivity contribution in [2.45, 2.75) is 32.2 Å². The van der Waals surface area contributed by atoms with Crippen LogP contribution >= 0.6 is 11.6 Å². The molecule has 0 unspecified atom stereocenters. The molecule has 2 aromatic carbocycles. The SMILES string of the molecule is Cn1ncc2c(NC(=O)c3cc(CNC(=O)C4CCCC4)ccc3Cl)cccc21. The van der Waals surface area contributed by atoms with Gasteiger partial charge in [-0.25, -0.2) is 0 Å². The molecule has 1 saturated carbocycles. The highest BCUT2D eigenvalue weighted by Crippen LogP contribution is 2.26. The van der Waals surface area contributed by atoms with Crippen LogP contribution in [0.1, 0.15) is 41.6 Å². The number of hydrogen-bond donors (Lipinski definition) is 2. The second-order valence-corrected chi connectivity index (χ2v) is 7.88. The molecule has 0 aliphatic heterocycles. The molecule has 1 aliphatic carbocycles. The predicted molar refractivity (Wildman–Crippen MR) is 114 cm³/mol. The van der Waals surface area contributed by atoms with Crippen LogP contribution in [0.2, 0.25) is 5.02 Å². The number of amides is 2. The number of benzene rings is 2. The van der Waals surface area contributed by atoms with Crippen molar-refractivity contribution in [2.75, 3.05) is 5.32 Å². The number of rotatable bonds is 5. The highest BCUT2D eigenvalue weighted by Gasteiger charge is 2.22. The molecular formula is C22H23ClN4O2. The number of carbonyl (C=O) groups is 2. The largest absolute Gasteiger partial charge is 0.352 e. The van der Waals surface area contributed by atoms with Crippen molar-refractivity contribution >= 4 is 40.0 Å². The van der Waals surface area contributed by atoms with E-state index in [1.54, 1.807) is 23.0 Å². The Hall–Kier alpha value is -2.86. The Balaban J connectivity index is 1.49. The monoisotopic (exact) mass is 410 g/mol. The number of carbonyl (C=O) groups excluding carboxylic acids is 2. The van der Waals surface area contributed by atoms with E-state index in [4.69, 9.17) is 11.6 Å². The molecule has 1 fully saturated rings. The standard InChI is InChI=1S/C22H23ClN4O2/c1-27-20-8-4-7-19(17(20)13-25-27)26-22(29)16-11-14(9-10-18(16)23)12-24-21(28)15-5-2-3-6-15/h4,7-11,13,15H,2-3,5-6,12H2,1H3,(H,24,28)(H,26,29). The van der Waals surface area contributed by atoms with Crippen molar-refractivity contribution in [3.8, 4) is 0 Å². The van der Waals surface area contributed by atoms with Gasteiger partial charge in [0.05, 0.1) is 28.0 Å². The predicted octanol–water partition coefficient (Wildman–Crippen LogP) is 4.29. The van der Waals surface area contributed by atoms with Crippen LogP contribution in [0.3, 0.4) is 0 Å². The number of anilines is 1. The van der Waals surface area contributed by atoms with E-state index in [0.29, 0.717) is 22.8 Å². The van der Waals surface area contributed by atoms with Crippen LogP contribution in [-0.4, -0.2) is 21.6 Å². The Morgan fingerprint density at radius 1 is 1.21 bits per heavy atom. The first kappa shape index (κ1) is 19.5. The summed E-state index contributed by atoms with van der Waals surface area (Å²) in [6.45, 7) is 0.380. The Bertz CT molecular complexity index is 1070. The molecule has 29 heavy (non-hydrogen) atoms. The van der Waals surface area contributed by atoms with Gasteiger partial charge in [0.25, 0.3) is 5.91 Å². The summed E-state index contributed by atoms with van der Waals surface area (Å²) in [6.07, 6.45) is 5.88. The van der Waals surface area contributed by atoms with Gasteiger partial charge in [-0.3, -0.25) is 14.3 Å². The van der Waals surface area contributed by atoms with Crippen LogP contribution < -0.4 is 10.6 Å². The maximum atomic E-state index is 12.9. The first-order valence-corrected chi connectivity index (χ1v) is 10.2. The van der Waals surface area contributed by atoms with Crippen molar-refractivity contribution in [3.05, 3.63) is 58.7 Å². The zero-order chi connectivity index (χ0) is 20.4. The molecule has 0 radical (unpaired) electrons. The highest BCUT2D eigenvalue weighted by atomic mass is 35.5. The molecule has 3 aromatic rings. The molecule has 0 bridgehead atoms. The number of hydrogen-bond acceptors (Lipinski definition) is 3. The fraction of sp³-hybridized carbons (Fsp3) is 0.318. The fourth-order valence-corrected chi connectivity index (χ4v) is 4.06. The Labute approximate surface area is 174 Å². The lowest BCUT2D eigenvalue weighted by atomic mass is 10.1. The van der Waals surface area contributed by atoms with Gasteiger partial charge in [-0.15, -0.1) is 0 Å². The smallest absolute Gasteiger partial charge is 0.257 e. The van der Waals surface area contributed by atoms with Gasteiger partial charge in [-0.05, 0) is 42.7 Å². The second kappa shape index (κ2) is 8.25. The summed E-state index contributed by atoms with van der Waals surface area (Å²) < 4.78 is 1.76. The zero-order valence-electron chi connectivity index (χ0n) is 16.2. The number of halogens is 1. The highest BCUT2D eigenvalue weighted by molar-refractivity contribution is 6.34. The first-order valence-electron chi connectivity index (χ1n) is 9.81. The maximum Gasteiger partial charge on any atom is 0.257 e. The van der Waals surface area contributed by atoms with Crippen LogP contribution in [0.15, 0.2) is 42.6 Å². The first-order chi connectivity index (χ1) is 14.0. The molecule has 0 atom stereocenters. The average Bonchev–Trinajstić information content (AvgIpc) is 3.38. The summed E-state index contributed by atoms with van der Waals surface area (Å²) in [5, 5.41) is 11.4. The summed E-state index contributed by atoms with van der Waals surface area (Å²) in [5.41, 5.74) is 2.82. The molecule has 6 nitrogen and oxygen atoms in total. The molecular weight excluding hydrogens is 388 g/mol. The Kier molecular flexibility index (Phi) is 5.53. The molecule has 2 amide bonds. The minimum Gasteiger partial charge on any atom is -0.352 e. The number of aryl methyl sites for hydroxylation is 1. The number of aromatic nitrogens is 2. The minimum absolute atomic E-state index is 0.0895. The number of nitrogens with zero attached hydrogens (tertiary/aromatic N) is 2. The van der Waals surface area contributed by atoms with Crippen LogP contribution in [0, 0.1) is 5.92 Å². The van der Waals surface area contributed by atoms with Gasteiger partial charge in [0, 0.05) is 24.9 Å². The normalized spacial score (nSPS) is 14.3. The molecule has 1 aliphatic rings. The van der Waals surface area contributed by atoms with E-state index in [0.717, 1.165) is 42.1 Å². The van der Waals surface area contributed by atoms with E-state index in [1.165, 1.54) is 0 Å². The van der Waals surface area contributed by atoms with E-state index >= 15 is 0 Å². The van der Waals surface area contributed by atoms with Gasteiger partial charge in [0.15, 0.2) is 0 Å². The van der Waals surface area contributed by atoms with Crippen molar-refractivity contribution in [2.24, 2.45) is 13.0 Å². The topological polar surface area (TPSA) is 76.0 Å². The quantitative estimate of drug-likeness (QED) is 0.658. The molecule has 150 valence electrons. The average molecular weight is 411 g/mol. The molecule has 7 heteroatoms. The number of nitrogens with one attached hydrogen (secondary N) is 2. The fourth-order valence-electron chi connectivity index (χ4n) is 3.85. The van der Waals surface area contributed by atoms with Crippen molar-refractivity contribution in [1.82, 2.24) is 15.1 Å². The Morgan fingerprint density at radius 3 is 2.79 bits per heavy atom. The van der Waals surface area contributed by atoms with E-state index in [-0.39, 0.29) is 17.7 Å². The van der Waals surface area contributed by atoms with Gasteiger partial charge in [-0.2, -0.15) is 5.10 Å². The van der Waals surface area contributed by atoms with Crippen LogP contribution in [-0.2, 0) is 18.4 Å². The maximum absolute atomic E-state index is 12.9. The summed E-state index contributed by atoms with van der Waals surface area (Å²) in [4.78, 5) is 25.1. The summed E-state index contributed by atoms with van der Waals surface area (Å²) in [7, 11) is 1.86. The van der Waals surface area contributed by atoms with Gasteiger partial charge in [0.2, 0.25) is 5.91 Å². The van der Waals surface area contributed by atoms with E-state index in [9.17, 15) is 9.59 Å². The van der Waals surface area contributed by atoms with Gasteiger partial charge >= 0.3 is 0 Å². The van der Waals surface area contributed by atoms with E-state index < -0.39 is 0 Å². The molecule has 4 rings (SSSR count). The lowest BCUT2D eigenvalue weighted by Gasteiger charge is -2.12. The Morgan fingerprint density at radius 2 is 2.00 bits per heavy atom. The van der Waals surface area contributed by atoms with E-state index in [1.807, 2.05) is 31.3 Å². The summed E-state index contributed by atoms with van der Waals surface area (Å²) >= 11 is 6.28. The zero-order valence-corrected chi connectivity index (χ0v) is 17.0. The summed E-state index contributed by atoms with van der Waals surface area (Å²) in [5.74, 6) is -0.0907. The van der Waals surface area contributed by atoms with Gasteiger partial charge in [-0.1, -0.05) is 36.6 Å². The van der Waals surface area contributed by atoms with Crippen molar-refractivity contribution < 1.29 is 9.59 Å². The van der Waals surface area contributed by atoms with Crippen molar-refractivity contribution in [3.63, 3.8) is 0 Å². The lowest BCUT2D eigenvalue weighted by molar-refractivity contribution is -0.124. The van der Waals surface area contributed by atoms with Gasteiger partial charge in [0.1, 0.15) is 0 Å². The molecule has 2 N–H and O–H groups in total. The van der Waals surface area contributed by atoms with Crippen LogP contribution in [0.4, 0.5) is 5.69 Å². The minimum atomic E-state index is -0.296. The summed E-state index contributed by atoms with van der Waals surface area (Å²) in [6, 6.07) is 10.9. The molecule has 1 aromatic heterocycles. The third-order valence-electron chi connectivity index (χ3n) is 5.51. The van der Waals surface area contributed by atoms with Crippen LogP contribution in [0.25, 0.3) is 10.9 Å². The third kappa shape index (κ3) is 4.12. The van der Waals surface area contributed by atoms with Crippen LogP contribution in [0.5, 0.6) is 0 Å². The molecule has 0 saturated heterocycles. The molecule has 1 heterocycles. The van der Waals surface area contributed by atoms with Gasteiger partial charge < -0.3 is 10.6 Å². The molecule has 0 spiro atoms. The van der Waals surface area contributed by atoms with Crippen molar-refractivity contribution in [1.29, 1.82) is 0 Å². The lowest BCUT2D eigenvalue weighted by Crippen LogP contribution is -2.28. The number of fused-ring (bicyclic) bond motifs is 1. The third-order valence-corrected chi connectivity index (χ3v) is 5.84. The second-order valence-electron chi connectivity index (χ2n) is 7.47. The van der Waals surface area contributed by atoms with E-state index in [2.05, 4.69) is 15.7 Å².